The number of nitrogens with one attached hydrogen (secondary N) is 1. The molecule has 1 N–H and O–H groups in total. The number of carbonyl (C=O) groups excluding carboxylic acids is 1. The molecule has 1 atom stereocenters. The van der Waals surface area contributed by atoms with Gasteiger partial charge in [0.1, 0.15) is 0 Å². The molecule has 0 saturated heterocycles. The van der Waals surface area contributed by atoms with Crippen molar-refractivity contribution in [1.82, 2.24) is 10.2 Å². The van der Waals surface area contributed by atoms with Crippen molar-refractivity contribution in [2.24, 2.45) is 5.92 Å². The van der Waals surface area contributed by atoms with Crippen LogP contribution in [0.1, 0.15) is 19.4 Å². The maximum Gasteiger partial charge on any atom is 0.226 e. The van der Waals surface area contributed by atoms with Crippen LogP contribution in [0.25, 0.3) is 0 Å². The third kappa shape index (κ3) is 4.00. The average molecular weight is 269 g/mol. The quantitative estimate of drug-likeness (QED) is 0.860. The Morgan fingerprint density at radius 1 is 1.44 bits per heavy atom. The summed E-state index contributed by atoms with van der Waals surface area (Å²) in [5.74, 6) is 0.143. The molecule has 4 heteroatoms. The Hall–Kier alpha value is -1.06. The maximum atomic E-state index is 12.2. The number of benzene rings is 1. The van der Waals surface area contributed by atoms with E-state index in [1.165, 1.54) is 0 Å². The normalized spacial score (nSPS) is 12.2. The molecule has 1 aromatic rings. The van der Waals surface area contributed by atoms with E-state index in [0.717, 1.165) is 5.56 Å². The summed E-state index contributed by atoms with van der Waals surface area (Å²) < 4.78 is 0. The molecular formula is C14H21ClN2O. The van der Waals surface area contributed by atoms with Gasteiger partial charge in [-0.3, -0.25) is 4.79 Å². The Bertz CT molecular complexity index is 395. The van der Waals surface area contributed by atoms with E-state index in [-0.39, 0.29) is 11.8 Å². The molecule has 0 aromatic heterocycles. The predicted molar refractivity (Wildman–Crippen MR) is 75.6 cm³/mol. The Kier molecular flexibility index (Phi) is 6.16. The van der Waals surface area contributed by atoms with Crippen LogP contribution in [0.15, 0.2) is 24.3 Å². The van der Waals surface area contributed by atoms with Crippen molar-refractivity contribution in [3.05, 3.63) is 34.9 Å². The molecule has 0 radical (unpaired) electrons. The van der Waals surface area contributed by atoms with Crippen LogP contribution >= 0.6 is 11.6 Å². The number of carbonyl (C=O) groups is 1. The van der Waals surface area contributed by atoms with Gasteiger partial charge < -0.3 is 10.2 Å². The molecule has 18 heavy (non-hydrogen) atoms. The molecule has 0 saturated carbocycles. The van der Waals surface area contributed by atoms with Gasteiger partial charge in [0.25, 0.3) is 0 Å². The van der Waals surface area contributed by atoms with Crippen LogP contribution in [0.4, 0.5) is 0 Å². The van der Waals surface area contributed by atoms with Gasteiger partial charge in [-0.2, -0.15) is 0 Å². The van der Waals surface area contributed by atoms with E-state index in [1.807, 2.05) is 50.1 Å². The summed E-state index contributed by atoms with van der Waals surface area (Å²) in [7, 11) is 1.86. The van der Waals surface area contributed by atoms with Crippen LogP contribution in [-0.4, -0.2) is 30.9 Å². The number of hydrogen-bond donors (Lipinski definition) is 1. The molecule has 1 rings (SSSR count). The molecule has 0 aliphatic rings. The maximum absolute atomic E-state index is 12.2. The molecule has 100 valence electrons. The van der Waals surface area contributed by atoms with Gasteiger partial charge in [0.05, 0.1) is 0 Å². The van der Waals surface area contributed by atoms with E-state index < -0.39 is 0 Å². The smallest absolute Gasteiger partial charge is 0.226 e. The number of rotatable bonds is 6. The largest absolute Gasteiger partial charge is 0.338 e. The van der Waals surface area contributed by atoms with Gasteiger partial charge in [-0.25, -0.2) is 0 Å². The van der Waals surface area contributed by atoms with Gasteiger partial charge >= 0.3 is 0 Å². The first-order chi connectivity index (χ1) is 8.60. The number of nitrogens with zero attached hydrogens (tertiary/aromatic N) is 1. The van der Waals surface area contributed by atoms with Gasteiger partial charge in [0.15, 0.2) is 0 Å². The lowest BCUT2D eigenvalue weighted by Gasteiger charge is -2.25. The predicted octanol–water partition coefficient (Wildman–Crippen LogP) is 2.54. The van der Waals surface area contributed by atoms with E-state index >= 15 is 0 Å². The van der Waals surface area contributed by atoms with Crippen molar-refractivity contribution < 1.29 is 4.79 Å². The molecular weight excluding hydrogens is 248 g/mol. The lowest BCUT2D eigenvalue weighted by atomic mass is 10.1. The molecule has 0 fully saturated rings. The highest BCUT2D eigenvalue weighted by molar-refractivity contribution is 6.31. The standard InChI is InChI=1S/C14H21ClN2O/c1-4-17(14(18)11(2)9-16-3)10-12-7-5-6-8-13(12)15/h5-8,11,16H,4,9-10H2,1-3H3. The summed E-state index contributed by atoms with van der Waals surface area (Å²) in [6, 6.07) is 7.65. The first-order valence-corrected chi connectivity index (χ1v) is 6.64. The molecule has 1 aromatic carbocycles. The van der Waals surface area contributed by atoms with Crippen LogP contribution in [0.2, 0.25) is 5.02 Å². The number of hydrogen-bond acceptors (Lipinski definition) is 2. The second kappa shape index (κ2) is 7.39. The average Bonchev–Trinajstić information content (AvgIpc) is 2.37. The zero-order valence-electron chi connectivity index (χ0n) is 11.2. The molecule has 0 heterocycles. The van der Waals surface area contributed by atoms with E-state index in [4.69, 9.17) is 11.6 Å². The third-order valence-corrected chi connectivity index (χ3v) is 3.31. The Balaban J connectivity index is 2.73. The second-order valence-electron chi connectivity index (χ2n) is 4.40. The molecule has 0 aliphatic heterocycles. The summed E-state index contributed by atoms with van der Waals surface area (Å²) in [5.41, 5.74) is 0.992. The van der Waals surface area contributed by atoms with Gasteiger partial charge in [-0.1, -0.05) is 36.7 Å². The summed E-state index contributed by atoms with van der Waals surface area (Å²) in [4.78, 5) is 14.1. The number of amides is 1. The van der Waals surface area contributed by atoms with Crippen molar-refractivity contribution in [2.75, 3.05) is 20.1 Å². The lowest BCUT2D eigenvalue weighted by Crippen LogP contribution is -2.38. The fourth-order valence-corrected chi connectivity index (χ4v) is 2.08. The van der Waals surface area contributed by atoms with E-state index in [9.17, 15) is 4.79 Å². The van der Waals surface area contributed by atoms with Crippen LogP contribution in [0.3, 0.4) is 0 Å². The SMILES string of the molecule is CCN(Cc1ccccc1Cl)C(=O)C(C)CNC. The van der Waals surface area contributed by atoms with Crippen LogP contribution in [0.5, 0.6) is 0 Å². The highest BCUT2D eigenvalue weighted by Gasteiger charge is 2.19. The molecule has 1 unspecified atom stereocenters. The van der Waals surface area contributed by atoms with Crippen molar-refractivity contribution >= 4 is 17.5 Å². The fourth-order valence-electron chi connectivity index (χ4n) is 1.88. The Morgan fingerprint density at radius 3 is 2.67 bits per heavy atom. The number of halogens is 1. The van der Waals surface area contributed by atoms with Crippen LogP contribution in [-0.2, 0) is 11.3 Å². The molecule has 3 nitrogen and oxygen atoms in total. The van der Waals surface area contributed by atoms with E-state index in [1.54, 1.807) is 0 Å². The first-order valence-electron chi connectivity index (χ1n) is 6.27. The van der Waals surface area contributed by atoms with E-state index in [2.05, 4.69) is 5.32 Å². The molecule has 1 amide bonds. The minimum Gasteiger partial charge on any atom is -0.338 e. The minimum atomic E-state index is -0.0163. The Labute approximate surface area is 114 Å². The molecule has 0 spiro atoms. The summed E-state index contributed by atoms with van der Waals surface area (Å²) in [6.07, 6.45) is 0. The van der Waals surface area contributed by atoms with Crippen molar-refractivity contribution in [1.29, 1.82) is 0 Å². The zero-order chi connectivity index (χ0) is 13.5. The third-order valence-electron chi connectivity index (χ3n) is 2.94. The molecule has 0 aliphatic carbocycles. The first kappa shape index (κ1) is 15.0. The van der Waals surface area contributed by atoms with Crippen LogP contribution in [0, 0.1) is 5.92 Å². The van der Waals surface area contributed by atoms with Gasteiger partial charge in [0, 0.05) is 30.6 Å². The Morgan fingerprint density at radius 2 is 2.11 bits per heavy atom. The monoisotopic (exact) mass is 268 g/mol. The summed E-state index contributed by atoms with van der Waals surface area (Å²) >= 11 is 6.12. The van der Waals surface area contributed by atoms with Crippen molar-refractivity contribution in [3.8, 4) is 0 Å². The van der Waals surface area contributed by atoms with Gasteiger partial charge in [-0.05, 0) is 25.6 Å². The second-order valence-corrected chi connectivity index (χ2v) is 4.81. The highest BCUT2D eigenvalue weighted by Crippen LogP contribution is 2.17. The van der Waals surface area contributed by atoms with Crippen LogP contribution < -0.4 is 5.32 Å². The molecule has 0 bridgehead atoms. The topological polar surface area (TPSA) is 32.3 Å². The minimum absolute atomic E-state index is 0.0163. The fraction of sp³-hybridized carbons (Fsp3) is 0.500. The lowest BCUT2D eigenvalue weighted by molar-refractivity contribution is -0.135. The van der Waals surface area contributed by atoms with Gasteiger partial charge in [-0.15, -0.1) is 0 Å². The van der Waals surface area contributed by atoms with E-state index in [0.29, 0.717) is 24.7 Å². The van der Waals surface area contributed by atoms with Crippen molar-refractivity contribution in [2.45, 2.75) is 20.4 Å². The summed E-state index contributed by atoms with van der Waals surface area (Å²) in [6.45, 7) is 5.88. The zero-order valence-corrected chi connectivity index (χ0v) is 12.0. The van der Waals surface area contributed by atoms with Gasteiger partial charge in [0.2, 0.25) is 5.91 Å². The summed E-state index contributed by atoms with van der Waals surface area (Å²) in [5, 5.41) is 3.74. The van der Waals surface area contributed by atoms with Crippen molar-refractivity contribution in [3.63, 3.8) is 0 Å². The highest BCUT2D eigenvalue weighted by atomic mass is 35.5.